The van der Waals surface area contributed by atoms with Gasteiger partial charge in [0.2, 0.25) is 0 Å². The third-order valence-electron chi connectivity index (χ3n) is 3.84. The summed E-state index contributed by atoms with van der Waals surface area (Å²) < 4.78 is 11.2. The second kappa shape index (κ2) is 5.01. The lowest BCUT2D eigenvalue weighted by atomic mass is 10.1. The fourth-order valence-electron chi connectivity index (χ4n) is 2.87. The van der Waals surface area contributed by atoms with E-state index in [1.165, 1.54) is 0 Å². The summed E-state index contributed by atoms with van der Waals surface area (Å²) >= 11 is 0. The molecular weight excluding hydrogens is 258 g/mol. The molecule has 2 fully saturated rings. The van der Waals surface area contributed by atoms with E-state index in [1.807, 2.05) is 6.07 Å². The quantitative estimate of drug-likeness (QED) is 0.827. The van der Waals surface area contributed by atoms with Crippen LogP contribution in [-0.4, -0.2) is 54.9 Å². The van der Waals surface area contributed by atoms with E-state index >= 15 is 0 Å². The Balaban J connectivity index is 1.83. The SMILES string of the molecule is c1cc2n[nH]nc2c(C2NCCO2)c1N1CCOCC1. The van der Waals surface area contributed by atoms with Gasteiger partial charge in [0.05, 0.1) is 19.8 Å². The molecule has 0 radical (unpaired) electrons. The van der Waals surface area contributed by atoms with E-state index in [4.69, 9.17) is 9.47 Å². The fourth-order valence-corrected chi connectivity index (χ4v) is 2.87. The molecule has 0 bridgehead atoms. The minimum atomic E-state index is -0.110. The molecule has 1 atom stereocenters. The zero-order valence-corrected chi connectivity index (χ0v) is 11.1. The summed E-state index contributed by atoms with van der Waals surface area (Å²) in [5.74, 6) is 0. The number of benzene rings is 1. The number of hydrogen-bond donors (Lipinski definition) is 2. The van der Waals surface area contributed by atoms with E-state index in [0.29, 0.717) is 0 Å². The molecule has 0 saturated carbocycles. The minimum Gasteiger partial charge on any atom is -0.378 e. The number of nitrogens with zero attached hydrogens (tertiary/aromatic N) is 3. The normalized spacial score (nSPS) is 23.6. The van der Waals surface area contributed by atoms with Gasteiger partial charge in [-0.2, -0.15) is 15.4 Å². The molecule has 0 aliphatic carbocycles. The molecule has 1 aromatic carbocycles. The van der Waals surface area contributed by atoms with Crippen LogP contribution in [0.4, 0.5) is 5.69 Å². The van der Waals surface area contributed by atoms with Crippen molar-refractivity contribution in [1.82, 2.24) is 20.7 Å². The third-order valence-corrected chi connectivity index (χ3v) is 3.84. The molecule has 7 heteroatoms. The summed E-state index contributed by atoms with van der Waals surface area (Å²) in [6.07, 6.45) is -0.110. The van der Waals surface area contributed by atoms with Crippen molar-refractivity contribution < 1.29 is 9.47 Å². The van der Waals surface area contributed by atoms with Gasteiger partial charge in [0.1, 0.15) is 17.3 Å². The Labute approximate surface area is 116 Å². The molecule has 1 aromatic heterocycles. The second-order valence-corrected chi connectivity index (χ2v) is 4.99. The lowest BCUT2D eigenvalue weighted by Crippen LogP contribution is -2.37. The molecule has 0 spiro atoms. The van der Waals surface area contributed by atoms with Crippen molar-refractivity contribution in [3.63, 3.8) is 0 Å². The number of rotatable bonds is 2. The summed E-state index contributed by atoms with van der Waals surface area (Å²) in [6, 6.07) is 4.11. The van der Waals surface area contributed by atoms with Crippen LogP contribution in [-0.2, 0) is 9.47 Å². The van der Waals surface area contributed by atoms with E-state index in [2.05, 4.69) is 31.7 Å². The predicted molar refractivity (Wildman–Crippen MR) is 73.6 cm³/mol. The first-order chi connectivity index (χ1) is 9.93. The Morgan fingerprint density at radius 2 is 2.05 bits per heavy atom. The highest BCUT2D eigenvalue weighted by Gasteiger charge is 2.27. The van der Waals surface area contributed by atoms with Crippen molar-refractivity contribution in [2.45, 2.75) is 6.23 Å². The summed E-state index contributed by atoms with van der Waals surface area (Å²) in [5.41, 5.74) is 3.99. The second-order valence-electron chi connectivity index (χ2n) is 4.99. The van der Waals surface area contributed by atoms with Gasteiger partial charge in [-0.15, -0.1) is 0 Å². The van der Waals surface area contributed by atoms with Gasteiger partial charge in [-0.25, -0.2) is 0 Å². The van der Waals surface area contributed by atoms with Crippen molar-refractivity contribution in [3.8, 4) is 0 Å². The van der Waals surface area contributed by atoms with E-state index in [1.54, 1.807) is 0 Å². The predicted octanol–water partition coefficient (Wildman–Crippen LogP) is 0.413. The Hall–Kier alpha value is -1.70. The maximum Gasteiger partial charge on any atom is 0.138 e. The van der Waals surface area contributed by atoms with Crippen molar-refractivity contribution in [2.75, 3.05) is 44.4 Å². The molecular formula is C13H17N5O2. The van der Waals surface area contributed by atoms with Crippen LogP contribution >= 0.6 is 0 Å². The lowest BCUT2D eigenvalue weighted by molar-refractivity contribution is 0.102. The first kappa shape index (κ1) is 12.1. The Morgan fingerprint density at radius 1 is 1.15 bits per heavy atom. The highest BCUT2D eigenvalue weighted by Crippen LogP contribution is 2.34. The molecule has 2 saturated heterocycles. The lowest BCUT2D eigenvalue weighted by Gasteiger charge is -2.31. The van der Waals surface area contributed by atoms with Crippen molar-refractivity contribution >= 4 is 16.7 Å². The van der Waals surface area contributed by atoms with Crippen LogP contribution in [0.5, 0.6) is 0 Å². The molecule has 2 aromatic rings. The van der Waals surface area contributed by atoms with Crippen LogP contribution in [0.1, 0.15) is 11.8 Å². The summed E-state index contributed by atoms with van der Waals surface area (Å²) in [6.45, 7) is 4.89. The third kappa shape index (κ3) is 1.94. The number of aromatic amines is 1. The zero-order valence-electron chi connectivity index (χ0n) is 11.1. The molecule has 1 unspecified atom stereocenters. The van der Waals surface area contributed by atoms with Crippen LogP contribution in [0, 0.1) is 0 Å². The number of fused-ring (bicyclic) bond motifs is 1. The first-order valence-corrected chi connectivity index (χ1v) is 6.94. The largest absolute Gasteiger partial charge is 0.378 e. The Morgan fingerprint density at radius 3 is 2.85 bits per heavy atom. The molecule has 2 aliphatic rings. The van der Waals surface area contributed by atoms with Crippen molar-refractivity contribution in [1.29, 1.82) is 0 Å². The number of hydrogen-bond acceptors (Lipinski definition) is 6. The Kier molecular flexibility index (Phi) is 3.02. The number of aromatic nitrogens is 3. The van der Waals surface area contributed by atoms with Gasteiger partial charge in [-0.1, -0.05) is 0 Å². The van der Waals surface area contributed by atoms with Crippen LogP contribution in [0.15, 0.2) is 12.1 Å². The number of H-pyrrole nitrogens is 1. The molecule has 106 valence electrons. The average molecular weight is 275 g/mol. The van der Waals surface area contributed by atoms with Crippen LogP contribution < -0.4 is 10.2 Å². The molecule has 0 amide bonds. The number of ether oxygens (including phenoxy) is 2. The minimum absolute atomic E-state index is 0.110. The van der Waals surface area contributed by atoms with Gasteiger partial charge in [0.25, 0.3) is 0 Å². The molecule has 3 heterocycles. The molecule has 4 rings (SSSR count). The number of morpholine rings is 1. The van der Waals surface area contributed by atoms with Gasteiger partial charge >= 0.3 is 0 Å². The fraction of sp³-hybridized carbons (Fsp3) is 0.538. The Bertz CT molecular complexity index is 602. The van der Waals surface area contributed by atoms with E-state index in [0.717, 1.165) is 61.7 Å². The van der Waals surface area contributed by atoms with Crippen LogP contribution in [0.25, 0.3) is 11.0 Å². The summed E-state index contributed by atoms with van der Waals surface area (Å²) in [7, 11) is 0. The van der Waals surface area contributed by atoms with E-state index < -0.39 is 0 Å². The maximum absolute atomic E-state index is 5.80. The molecule has 20 heavy (non-hydrogen) atoms. The van der Waals surface area contributed by atoms with Gasteiger partial charge in [0.15, 0.2) is 0 Å². The monoisotopic (exact) mass is 275 g/mol. The molecule has 7 nitrogen and oxygen atoms in total. The number of nitrogens with one attached hydrogen (secondary N) is 2. The van der Waals surface area contributed by atoms with Gasteiger partial charge in [0, 0.05) is 30.9 Å². The highest BCUT2D eigenvalue weighted by atomic mass is 16.5. The number of anilines is 1. The smallest absolute Gasteiger partial charge is 0.138 e. The van der Waals surface area contributed by atoms with Gasteiger partial charge < -0.3 is 14.4 Å². The van der Waals surface area contributed by atoms with Crippen molar-refractivity contribution in [3.05, 3.63) is 17.7 Å². The van der Waals surface area contributed by atoms with E-state index in [-0.39, 0.29) is 6.23 Å². The summed E-state index contributed by atoms with van der Waals surface area (Å²) in [5, 5.41) is 14.6. The van der Waals surface area contributed by atoms with Crippen molar-refractivity contribution in [2.24, 2.45) is 0 Å². The highest BCUT2D eigenvalue weighted by molar-refractivity contribution is 5.84. The topological polar surface area (TPSA) is 75.3 Å². The zero-order chi connectivity index (χ0) is 13.4. The molecule has 2 N–H and O–H groups in total. The standard InChI is InChI=1S/C13H17N5O2/c1-2-10(18-4-7-19-8-5-18)11(13-14-3-6-20-13)12-9(1)15-17-16-12/h1-2,13-14H,3-8H2,(H,15,16,17). The maximum atomic E-state index is 5.80. The van der Waals surface area contributed by atoms with Crippen LogP contribution in [0.3, 0.4) is 0 Å². The van der Waals surface area contributed by atoms with Gasteiger partial charge in [-0.05, 0) is 12.1 Å². The van der Waals surface area contributed by atoms with Gasteiger partial charge in [-0.3, -0.25) is 5.32 Å². The molecule has 2 aliphatic heterocycles. The van der Waals surface area contributed by atoms with E-state index in [9.17, 15) is 0 Å². The average Bonchev–Trinajstić information content (AvgIpc) is 3.18. The van der Waals surface area contributed by atoms with Crippen LogP contribution in [0.2, 0.25) is 0 Å². The first-order valence-electron chi connectivity index (χ1n) is 6.94. The summed E-state index contributed by atoms with van der Waals surface area (Å²) in [4.78, 5) is 2.33.